The molecule has 0 radical (unpaired) electrons. The maximum absolute atomic E-state index is 11.4. The second-order valence-electron chi connectivity index (χ2n) is 4.41. The lowest BCUT2D eigenvalue weighted by atomic mass is 9.92. The Hall–Kier alpha value is -1.57. The van der Waals surface area contributed by atoms with Gasteiger partial charge in [0.1, 0.15) is 6.10 Å². The minimum Gasteiger partial charge on any atom is -0.493 e. The summed E-state index contributed by atoms with van der Waals surface area (Å²) in [7, 11) is 0. The number of benzene rings is 1. The summed E-state index contributed by atoms with van der Waals surface area (Å²) in [6.07, 6.45) is 3.34. The van der Waals surface area contributed by atoms with E-state index < -0.39 is 0 Å². The van der Waals surface area contributed by atoms with Crippen LogP contribution < -0.4 is 0 Å². The average molecular weight is 216 g/mol. The fourth-order valence-electron chi connectivity index (χ4n) is 2.38. The third-order valence-corrected chi connectivity index (χ3v) is 2.94. The highest BCUT2D eigenvalue weighted by atomic mass is 16.5. The first-order chi connectivity index (χ1) is 7.58. The third kappa shape index (κ3) is 2.01. The fourth-order valence-corrected chi connectivity index (χ4v) is 2.38. The van der Waals surface area contributed by atoms with Crippen LogP contribution in [0, 0.1) is 20.8 Å². The number of aryl methyl sites for hydroxylation is 3. The molecule has 1 aliphatic rings. The van der Waals surface area contributed by atoms with E-state index in [1.54, 1.807) is 0 Å². The maximum Gasteiger partial charge on any atom is 0.162 e. The van der Waals surface area contributed by atoms with Crippen LogP contribution in [-0.4, -0.2) is 5.78 Å². The predicted octanol–water partition coefficient (Wildman–Crippen LogP) is 3.16. The van der Waals surface area contributed by atoms with Gasteiger partial charge in [0.05, 0.1) is 12.7 Å². The zero-order valence-electron chi connectivity index (χ0n) is 9.91. The number of carbonyl (C=O) groups is 1. The van der Waals surface area contributed by atoms with E-state index in [0.717, 1.165) is 5.56 Å². The summed E-state index contributed by atoms with van der Waals surface area (Å²) in [5.41, 5.74) is 4.80. The molecule has 0 aromatic heterocycles. The highest BCUT2D eigenvalue weighted by Crippen LogP contribution is 2.31. The highest BCUT2D eigenvalue weighted by molar-refractivity contribution is 5.90. The first kappa shape index (κ1) is 10.9. The van der Waals surface area contributed by atoms with Crippen molar-refractivity contribution in [2.45, 2.75) is 33.3 Å². The van der Waals surface area contributed by atoms with Crippen molar-refractivity contribution in [2.24, 2.45) is 0 Å². The summed E-state index contributed by atoms with van der Waals surface area (Å²) < 4.78 is 5.53. The molecule has 2 heteroatoms. The molecule has 0 spiro atoms. The summed E-state index contributed by atoms with van der Waals surface area (Å²) in [5, 5.41) is 0. The molecule has 0 saturated heterocycles. The lowest BCUT2D eigenvalue weighted by molar-refractivity contribution is -0.118. The first-order valence-electron chi connectivity index (χ1n) is 5.50. The van der Waals surface area contributed by atoms with Crippen LogP contribution in [0.5, 0.6) is 0 Å². The van der Waals surface area contributed by atoms with Crippen molar-refractivity contribution in [3.63, 3.8) is 0 Å². The smallest absolute Gasteiger partial charge is 0.162 e. The molecular weight excluding hydrogens is 200 g/mol. The van der Waals surface area contributed by atoms with E-state index in [-0.39, 0.29) is 11.9 Å². The molecule has 0 bridgehead atoms. The number of rotatable bonds is 1. The Kier molecular flexibility index (Phi) is 2.82. The van der Waals surface area contributed by atoms with Gasteiger partial charge in [0.2, 0.25) is 0 Å². The number of hydrogen-bond acceptors (Lipinski definition) is 2. The van der Waals surface area contributed by atoms with Crippen molar-refractivity contribution < 1.29 is 9.53 Å². The molecule has 1 unspecified atom stereocenters. The van der Waals surface area contributed by atoms with Gasteiger partial charge in [-0.1, -0.05) is 17.7 Å². The van der Waals surface area contributed by atoms with Gasteiger partial charge in [-0.3, -0.25) is 4.79 Å². The molecule has 2 rings (SSSR count). The van der Waals surface area contributed by atoms with Gasteiger partial charge < -0.3 is 4.74 Å². The summed E-state index contributed by atoms with van der Waals surface area (Å²) in [6, 6.07) is 4.27. The van der Waals surface area contributed by atoms with E-state index in [2.05, 4.69) is 32.9 Å². The van der Waals surface area contributed by atoms with E-state index in [1.807, 2.05) is 0 Å². The standard InChI is InChI=1S/C14H16O2/c1-9-6-10(2)14(11(3)7-9)13-8-12(15)4-5-16-13/h4-7,13H,8H2,1-3H3. The van der Waals surface area contributed by atoms with Crippen LogP contribution in [0.3, 0.4) is 0 Å². The number of hydrogen-bond donors (Lipinski definition) is 0. The summed E-state index contributed by atoms with van der Waals surface area (Å²) in [5.74, 6) is 0.135. The topological polar surface area (TPSA) is 26.3 Å². The van der Waals surface area contributed by atoms with Gasteiger partial charge >= 0.3 is 0 Å². The highest BCUT2D eigenvalue weighted by Gasteiger charge is 2.22. The first-order valence-corrected chi connectivity index (χ1v) is 5.50. The fraction of sp³-hybridized carbons (Fsp3) is 0.357. The molecule has 1 atom stereocenters. The largest absolute Gasteiger partial charge is 0.493 e. The van der Waals surface area contributed by atoms with Crippen LogP contribution in [0.1, 0.15) is 34.8 Å². The summed E-state index contributed by atoms with van der Waals surface area (Å²) in [4.78, 5) is 11.4. The Bertz CT molecular complexity index is 435. The quantitative estimate of drug-likeness (QED) is 0.720. The molecule has 0 fully saturated rings. The Balaban J connectivity index is 2.40. The van der Waals surface area contributed by atoms with Gasteiger partial charge in [-0.15, -0.1) is 0 Å². The van der Waals surface area contributed by atoms with Crippen molar-refractivity contribution in [2.75, 3.05) is 0 Å². The zero-order valence-corrected chi connectivity index (χ0v) is 9.91. The van der Waals surface area contributed by atoms with Crippen LogP contribution in [0.25, 0.3) is 0 Å². The van der Waals surface area contributed by atoms with Gasteiger partial charge in [0, 0.05) is 6.08 Å². The van der Waals surface area contributed by atoms with Gasteiger partial charge in [-0.05, 0) is 37.5 Å². The van der Waals surface area contributed by atoms with E-state index >= 15 is 0 Å². The lowest BCUT2D eigenvalue weighted by Gasteiger charge is -2.23. The zero-order chi connectivity index (χ0) is 11.7. The molecule has 0 amide bonds. The molecule has 1 aromatic rings. The van der Waals surface area contributed by atoms with Gasteiger partial charge in [-0.2, -0.15) is 0 Å². The average Bonchev–Trinajstić information content (AvgIpc) is 2.15. The summed E-state index contributed by atoms with van der Waals surface area (Å²) in [6.45, 7) is 6.22. The van der Waals surface area contributed by atoms with Crippen molar-refractivity contribution in [3.8, 4) is 0 Å². The van der Waals surface area contributed by atoms with Crippen LogP contribution in [-0.2, 0) is 9.53 Å². The van der Waals surface area contributed by atoms with E-state index in [4.69, 9.17) is 4.74 Å². The second kappa shape index (κ2) is 4.12. The molecule has 1 aliphatic heterocycles. The molecule has 84 valence electrons. The van der Waals surface area contributed by atoms with Gasteiger partial charge in [-0.25, -0.2) is 0 Å². The van der Waals surface area contributed by atoms with E-state index in [9.17, 15) is 4.79 Å². The minimum atomic E-state index is -0.113. The van der Waals surface area contributed by atoms with E-state index in [0.29, 0.717) is 6.42 Å². The Labute approximate surface area is 95.9 Å². The normalized spacial score (nSPS) is 19.7. The molecule has 2 nitrogen and oxygen atoms in total. The maximum atomic E-state index is 11.4. The van der Waals surface area contributed by atoms with Gasteiger partial charge in [0.25, 0.3) is 0 Å². The monoisotopic (exact) mass is 216 g/mol. The molecule has 16 heavy (non-hydrogen) atoms. The Morgan fingerprint density at radius 3 is 2.38 bits per heavy atom. The van der Waals surface area contributed by atoms with Crippen LogP contribution >= 0.6 is 0 Å². The van der Waals surface area contributed by atoms with Crippen molar-refractivity contribution in [1.29, 1.82) is 0 Å². The lowest BCUT2D eigenvalue weighted by Crippen LogP contribution is -2.13. The number of allylic oxidation sites excluding steroid dienone is 1. The van der Waals surface area contributed by atoms with Crippen molar-refractivity contribution >= 4 is 5.78 Å². The SMILES string of the molecule is Cc1cc(C)c(C2CC(=O)C=CO2)c(C)c1. The van der Waals surface area contributed by atoms with Crippen LogP contribution in [0.2, 0.25) is 0 Å². The predicted molar refractivity (Wildman–Crippen MR) is 63.2 cm³/mol. The van der Waals surface area contributed by atoms with Gasteiger partial charge in [0.15, 0.2) is 5.78 Å². The number of ether oxygens (including phenoxy) is 1. The van der Waals surface area contributed by atoms with Crippen molar-refractivity contribution in [1.82, 2.24) is 0 Å². The summed E-state index contributed by atoms with van der Waals surface area (Å²) >= 11 is 0. The second-order valence-corrected chi connectivity index (χ2v) is 4.41. The molecule has 0 aliphatic carbocycles. The minimum absolute atomic E-state index is 0.113. The molecule has 0 saturated carbocycles. The van der Waals surface area contributed by atoms with E-state index in [1.165, 1.54) is 29.0 Å². The molecular formula is C14H16O2. The molecule has 1 heterocycles. The number of ketones is 1. The Morgan fingerprint density at radius 2 is 1.81 bits per heavy atom. The molecule has 1 aromatic carbocycles. The van der Waals surface area contributed by atoms with Crippen LogP contribution in [0.4, 0.5) is 0 Å². The van der Waals surface area contributed by atoms with Crippen LogP contribution in [0.15, 0.2) is 24.5 Å². The number of carbonyl (C=O) groups excluding carboxylic acids is 1. The van der Waals surface area contributed by atoms with Crippen molar-refractivity contribution in [3.05, 3.63) is 46.7 Å². The molecule has 0 N–H and O–H groups in total. The third-order valence-electron chi connectivity index (χ3n) is 2.94. The Morgan fingerprint density at radius 1 is 1.19 bits per heavy atom.